The lowest BCUT2D eigenvalue weighted by Crippen LogP contribution is -1.88. The summed E-state index contributed by atoms with van der Waals surface area (Å²) in [6, 6.07) is 18.4. The first-order valence-electron chi connectivity index (χ1n) is 8.12. The molecule has 0 aliphatic carbocycles. The molecule has 27 heavy (non-hydrogen) atoms. The van der Waals surface area contributed by atoms with Gasteiger partial charge in [0.2, 0.25) is 0 Å². The Labute approximate surface area is 160 Å². The molecule has 0 N–H and O–H groups in total. The fraction of sp³-hybridized carbons (Fsp3) is 0.0476. The second-order valence-corrected chi connectivity index (χ2v) is 6.67. The van der Waals surface area contributed by atoms with Crippen LogP contribution in [-0.4, -0.2) is 9.91 Å². The maximum absolute atomic E-state index is 10.9. The summed E-state index contributed by atoms with van der Waals surface area (Å²) in [5.74, 6) is 0. The van der Waals surface area contributed by atoms with Gasteiger partial charge in [0.05, 0.1) is 16.2 Å². The van der Waals surface area contributed by atoms with E-state index >= 15 is 0 Å². The van der Waals surface area contributed by atoms with Gasteiger partial charge in [0, 0.05) is 23.1 Å². The maximum atomic E-state index is 10.9. The summed E-state index contributed by atoms with van der Waals surface area (Å²) in [7, 11) is 0. The summed E-state index contributed by atoms with van der Waals surface area (Å²) < 4.78 is 0. The van der Waals surface area contributed by atoms with E-state index in [0.29, 0.717) is 21.8 Å². The van der Waals surface area contributed by atoms with Gasteiger partial charge in [-0.25, -0.2) is 4.98 Å². The molecule has 0 unspecified atom stereocenters. The van der Waals surface area contributed by atoms with Crippen LogP contribution in [0, 0.1) is 21.4 Å². The summed E-state index contributed by atoms with van der Waals surface area (Å²) in [6.45, 7) is 1.93. The number of aromatic nitrogens is 1. The summed E-state index contributed by atoms with van der Waals surface area (Å²) in [4.78, 5) is 15.0. The number of benzene rings is 2. The van der Waals surface area contributed by atoms with Crippen molar-refractivity contribution in [2.24, 2.45) is 0 Å². The van der Waals surface area contributed by atoms with E-state index in [4.69, 9.17) is 0 Å². The van der Waals surface area contributed by atoms with Crippen LogP contribution in [-0.2, 0) is 0 Å². The van der Waals surface area contributed by atoms with Crippen molar-refractivity contribution in [3.8, 4) is 17.3 Å². The zero-order chi connectivity index (χ0) is 19.2. The fourth-order valence-corrected chi connectivity index (χ4v) is 3.33. The number of hydrogen-bond donors (Lipinski definition) is 0. The molecule has 1 heterocycles. The Morgan fingerprint density at radius 2 is 2.00 bits per heavy atom. The first kappa shape index (κ1) is 18.2. The lowest BCUT2D eigenvalue weighted by Gasteiger charge is -1.98. The van der Waals surface area contributed by atoms with Crippen molar-refractivity contribution in [1.82, 2.24) is 4.98 Å². The van der Waals surface area contributed by atoms with Gasteiger partial charge in [0.25, 0.3) is 5.69 Å². The molecular formula is C21H15N3O2S. The molecule has 0 fully saturated rings. The van der Waals surface area contributed by atoms with Gasteiger partial charge in [0.1, 0.15) is 11.1 Å². The molecule has 0 atom stereocenters. The van der Waals surface area contributed by atoms with Crippen molar-refractivity contribution in [2.75, 3.05) is 0 Å². The highest BCUT2D eigenvalue weighted by Crippen LogP contribution is 2.28. The van der Waals surface area contributed by atoms with Gasteiger partial charge in [-0.15, -0.1) is 11.3 Å². The summed E-state index contributed by atoms with van der Waals surface area (Å²) >= 11 is 1.34. The maximum Gasteiger partial charge on any atom is 0.270 e. The Bertz CT molecular complexity index is 1080. The number of nitrogens with zero attached hydrogens (tertiary/aromatic N) is 3. The first-order chi connectivity index (χ1) is 13.1. The number of nitro groups is 1. The largest absolute Gasteiger partial charge is 0.270 e. The van der Waals surface area contributed by atoms with Crippen molar-refractivity contribution in [2.45, 2.75) is 6.92 Å². The topological polar surface area (TPSA) is 79.8 Å². The molecule has 0 saturated carbocycles. The molecule has 1 aromatic heterocycles. The van der Waals surface area contributed by atoms with Gasteiger partial charge >= 0.3 is 0 Å². The zero-order valence-electron chi connectivity index (χ0n) is 14.5. The molecule has 2 aromatic carbocycles. The molecule has 6 heteroatoms. The van der Waals surface area contributed by atoms with Crippen molar-refractivity contribution >= 4 is 28.7 Å². The minimum atomic E-state index is -0.435. The van der Waals surface area contributed by atoms with E-state index in [1.807, 2.05) is 43.3 Å². The van der Waals surface area contributed by atoms with E-state index in [2.05, 4.69) is 11.1 Å². The first-order valence-corrected chi connectivity index (χ1v) is 9.00. The molecule has 5 nitrogen and oxygen atoms in total. The molecule has 0 amide bonds. The number of hydrogen-bond acceptors (Lipinski definition) is 5. The van der Waals surface area contributed by atoms with Gasteiger partial charge in [0.15, 0.2) is 0 Å². The van der Waals surface area contributed by atoms with Crippen LogP contribution in [0.15, 0.2) is 71.6 Å². The van der Waals surface area contributed by atoms with Crippen LogP contribution in [0.2, 0.25) is 0 Å². The zero-order valence-corrected chi connectivity index (χ0v) is 15.3. The molecule has 132 valence electrons. The van der Waals surface area contributed by atoms with Gasteiger partial charge in [-0.05, 0) is 24.1 Å². The Hall–Kier alpha value is -3.56. The van der Waals surface area contributed by atoms with Crippen molar-refractivity contribution in [3.63, 3.8) is 0 Å². The Kier molecular flexibility index (Phi) is 5.55. The SMILES string of the molecule is CC(=Cc1ccccc1)C=C(C#N)c1nc(-c2cccc([N+](=O)[O-])c2)cs1. The molecule has 0 saturated heterocycles. The van der Waals surface area contributed by atoms with Gasteiger partial charge in [-0.1, -0.05) is 48.5 Å². The van der Waals surface area contributed by atoms with Gasteiger partial charge in [-0.3, -0.25) is 10.1 Å². The highest BCUT2D eigenvalue weighted by atomic mass is 32.1. The summed E-state index contributed by atoms with van der Waals surface area (Å²) in [5, 5.41) is 22.9. The highest BCUT2D eigenvalue weighted by molar-refractivity contribution is 7.11. The number of non-ortho nitro benzene ring substituents is 1. The molecule has 0 bridgehead atoms. The number of thiazole rings is 1. The standard InChI is InChI=1S/C21H15N3O2S/c1-15(10-16-6-3-2-4-7-16)11-18(13-22)21-23-20(14-27-21)17-8-5-9-19(12-17)24(25)26/h2-12,14H,1H3. The van der Waals surface area contributed by atoms with E-state index in [0.717, 1.165) is 11.1 Å². The van der Waals surface area contributed by atoms with E-state index < -0.39 is 4.92 Å². The Morgan fingerprint density at radius 1 is 1.22 bits per heavy atom. The highest BCUT2D eigenvalue weighted by Gasteiger charge is 2.12. The number of allylic oxidation sites excluding steroid dienone is 3. The van der Waals surface area contributed by atoms with Crippen LogP contribution in [0.3, 0.4) is 0 Å². The molecule has 3 aromatic rings. The number of nitro benzene ring substituents is 1. The smallest absolute Gasteiger partial charge is 0.258 e. The molecule has 0 aliphatic heterocycles. The third-order valence-corrected chi connectivity index (χ3v) is 4.65. The van der Waals surface area contributed by atoms with Crippen LogP contribution in [0.25, 0.3) is 22.9 Å². The number of rotatable bonds is 5. The van der Waals surface area contributed by atoms with Crippen molar-refractivity contribution in [3.05, 3.63) is 92.3 Å². The monoisotopic (exact) mass is 373 g/mol. The van der Waals surface area contributed by atoms with E-state index in [1.165, 1.54) is 23.5 Å². The third kappa shape index (κ3) is 4.54. The van der Waals surface area contributed by atoms with Crippen molar-refractivity contribution < 1.29 is 4.92 Å². The van der Waals surface area contributed by atoms with Crippen LogP contribution in [0.5, 0.6) is 0 Å². The van der Waals surface area contributed by atoms with E-state index in [-0.39, 0.29) is 5.69 Å². The lowest BCUT2D eigenvalue weighted by atomic mass is 10.1. The average Bonchev–Trinajstić information content (AvgIpc) is 3.17. The molecule has 0 spiro atoms. The predicted octanol–water partition coefficient (Wildman–Crippen LogP) is 5.73. The molecule has 3 rings (SSSR count). The molecule has 0 aliphatic rings. The van der Waals surface area contributed by atoms with E-state index in [1.54, 1.807) is 23.6 Å². The average molecular weight is 373 g/mol. The molecule has 0 radical (unpaired) electrons. The second-order valence-electron chi connectivity index (χ2n) is 5.81. The predicted molar refractivity (Wildman–Crippen MR) is 108 cm³/mol. The van der Waals surface area contributed by atoms with E-state index in [9.17, 15) is 15.4 Å². The summed E-state index contributed by atoms with van der Waals surface area (Å²) in [5.41, 5.74) is 3.73. The van der Waals surface area contributed by atoms with Crippen LogP contribution in [0.4, 0.5) is 5.69 Å². The minimum absolute atomic E-state index is 0.0136. The fourth-order valence-electron chi connectivity index (χ4n) is 2.53. The number of nitriles is 1. The summed E-state index contributed by atoms with van der Waals surface area (Å²) in [6.07, 6.45) is 3.79. The third-order valence-electron chi connectivity index (χ3n) is 3.77. The quantitative estimate of drug-likeness (QED) is 0.248. The second kappa shape index (κ2) is 8.21. The normalized spacial score (nSPS) is 11.9. The van der Waals surface area contributed by atoms with Crippen LogP contribution >= 0.6 is 11.3 Å². The molecular weight excluding hydrogens is 358 g/mol. The van der Waals surface area contributed by atoms with Crippen LogP contribution in [0.1, 0.15) is 17.5 Å². The van der Waals surface area contributed by atoms with Crippen LogP contribution < -0.4 is 0 Å². The Morgan fingerprint density at radius 3 is 2.70 bits per heavy atom. The van der Waals surface area contributed by atoms with Gasteiger partial charge in [-0.2, -0.15) is 5.26 Å². The lowest BCUT2D eigenvalue weighted by molar-refractivity contribution is -0.384. The Balaban J connectivity index is 1.90. The minimum Gasteiger partial charge on any atom is -0.258 e. The van der Waals surface area contributed by atoms with Gasteiger partial charge < -0.3 is 0 Å². The van der Waals surface area contributed by atoms with Crippen molar-refractivity contribution in [1.29, 1.82) is 5.26 Å².